The predicted octanol–water partition coefficient (Wildman–Crippen LogP) is 2.74. The number of benzene rings is 1. The highest BCUT2D eigenvalue weighted by atomic mass is 32.1. The van der Waals surface area contributed by atoms with Crippen LogP contribution in [0.4, 0.5) is 0 Å². The minimum Gasteiger partial charge on any atom is -0.330 e. The zero-order chi connectivity index (χ0) is 11.4. The van der Waals surface area contributed by atoms with Gasteiger partial charge in [-0.2, -0.15) is 0 Å². The highest BCUT2D eigenvalue weighted by Gasteiger charge is 2.12. The molecule has 2 nitrogen and oxygen atoms in total. The number of rotatable bonds is 4. The predicted molar refractivity (Wildman–Crippen MR) is 68.8 cm³/mol. The maximum Gasteiger partial charge on any atom is 0.0934 e. The van der Waals surface area contributed by atoms with Crippen LogP contribution in [0.25, 0.3) is 0 Å². The lowest BCUT2D eigenvalue weighted by atomic mass is 9.96. The number of nitrogens with zero attached hydrogens (tertiary/aromatic N) is 1. The van der Waals surface area contributed by atoms with Gasteiger partial charge in [0.25, 0.3) is 0 Å². The van der Waals surface area contributed by atoms with E-state index in [2.05, 4.69) is 34.6 Å². The quantitative estimate of drug-likeness (QED) is 0.880. The van der Waals surface area contributed by atoms with Gasteiger partial charge >= 0.3 is 0 Å². The van der Waals surface area contributed by atoms with Crippen molar-refractivity contribution in [2.24, 2.45) is 5.73 Å². The van der Waals surface area contributed by atoms with E-state index in [-0.39, 0.29) is 0 Å². The summed E-state index contributed by atoms with van der Waals surface area (Å²) < 4.78 is 0. The van der Waals surface area contributed by atoms with Crippen molar-refractivity contribution in [3.05, 3.63) is 52.0 Å². The molecular weight excluding hydrogens is 216 g/mol. The second-order valence-electron chi connectivity index (χ2n) is 3.93. The Hall–Kier alpha value is -1.19. The van der Waals surface area contributed by atoms with Crippen LogP contribution in [0.2, 0.25) is 0 Å². The van der Waals surface area contributed by atoms with Crippen LogP contribution in [0.1, 0.15) is 22.2 Å². The molecular formula is C13H16N2S. The summed E-state index contributed by atoms with van der Waals surface area (Å²) in [6.07, 6.45) is 0.943. The van der Waals surface area contributed by atoms with Gasteiger partial charge in [-0.15, -0.1) is 11.3 Å². The molecule has 84 valence electrons. The van der Waals surface area contributed by atoms with Crippen LogP contribution < -0.4 is 5.73 Å². The zero-order valence-electron chi connectivity index (χ0n) is 9.39. The van der Waals surface area contributed by atoms with Gasteiger partial charge in [0.2, 0.25) is 0 Å². The fourth-order valence-electron chi connectivity index (χ4n) is 1.77. The van der Waals surface area contributed by atoms with Crippen LogP contribution in [0.5, 0.6) is 0 Å². The molecule has 0 bridgehead atoms. The topological polar surface area (TPSA) is 38.9 Å². The molecule has 1 aromatic carbocycles. The maximum absolute atomic E-state index is 5.84. The van der Waals surface area contributed by atoms with Gasteiger partial charge in [0, 0.05) is 23.4 Å². The Morgan fingerprint density at radius 3 is 2.62 bits per heavy atom. The summed E-state index contributed by atoms with van der Waals surface area (Å²) in [5.41, 5.74) is 8.24. The SMILES string of the molecule is Cc1csc(CC(CN)c2ccccc2)n1. The lowest BCUT2D eigenvalue weighted by Crippen LogP contribution is -2.14. The van der Waals surface area contributed by atoms with Gasteiger partial charge in [0.15, 0.2) is 0 Å². The molecule has 1 heterocycles. The fraction of sp³-hybridized carbons (Fsp3) is 0.308. The van der Waals surface area contributed by atoms with E-state index in [9.17, 15) is 0 Å². The van der Waals surface area contributed by atoms with E-state index in [1.165, 1.54) is 10.6 Å². The van der Waals surface area contributed by atoms with Gasteiger partial charge in [0.1, 0.15) is 0 Å². The maximum atomic E-state index is 5.84. The van der Waals surface area contributed by atoms with Crippen molar-refractivity contribution in [2.75, 3.05) is 6.54 Å². The molecule has 0 amide bonds. The molecule has 2 rings (SSSR count). The summed E-state index contributed by atoms with van der Waals surface area (Å²) in [7, 11) is 0. The highest BCUT2D eigenvalue weighted by molar-refractivity contribution is 7.09. The van der Waals surface area contributed by atoms with Crippen LogP contribution in [0, 0.1) is 6.92 Å². The third-order valence-electron chi connectivity index (χ3n) is 2.64. The van der Waals surface area contributed by atoms with Crippen molar-refractivity contribution in [3.63, 3.8) is 0 Å². The first-order valence-electron chi connectivity index (χ1n) is 5.45. The lowest BCUT2D eigenvalue weighted by Gasteiger charge is -2.13. The molecule has 2 N–H and O–H groups in total. The second kappa shape index (κ2) is 5.23. The molecule has 16 heavy (non-hydrogen) atoms. The molecule has 1 unspecified atom stereocenters. The zero-order valence-corrected chi connectivity index (χ0v) is 10.2. The van der Waals surface area contributed by atoms with E-state index in [1.54, 1.807) is 11.3 Å². The summed E-state index contributed by atoms with van der Waals surface area (Å²) in [4.78, 5) is 4.49. The average molecular weight is 232 g/mol. The molecule has 2 aromatic rings. The summed E-state index contributed by atoms with van der Waals surface area (Å²) in [6.45, 7) is 2.70. The molecule has 1 atom stereocenters. The number of aromatic nitrogens is 1. The molecule has 0 spiro atoms. The average Bonchev–Trinajstić information content (AvgIpc) is 2.73. The van der Waals surface area contributed by atoms with Crippen molar-refractivity contribution in [1.29, 1.82) is 0 Å². The van der Waals surface area contributed by atoms with Gasteiger partial charge in [-0.1, -0.05) is 30.3 Å². The Kier molecular flexibility index (Phi) is 3.70. The molecule has 0 aliphatic carbocycles. The van der Waals surface area contributed by atoms with Gasteiger partial charge in [-0.25, -0.2) is 4.98 Å². The summed E-state index contributed by atoms with van der Waals surface area (Å²) >= 11 is 1.72. The summed E-state index contributed by atoms with van der Waals surface area (Å²) in [5, 5.41) is 3.27. The Morgan fingerprint density at radius 2 is 2.06 bits per heavy atom. The molecule has 0 fully saturated rings. The van der Waals surface area contributed by atoms with Crippen LogP contribution in [-0.4, -0.2) is 11.5 Å². The van der Waals surface area contributed by atoms with E-state index in [4.69, 9.17) is 5.73 Å². The Balaban J connectivity index is 2.12. The lowest BCUT2D eigenvalue weighted by molar-refractivity contribution is 0.690. The van der Waals surface area contributed by atoms with Crippen molar-refractivity contribution >= 4 is 11.3 Å². The Bertz CT molecular complexity index is 436. The van der Waals surface area contributed by atoms with Crippen molar-refractivity contribution < 1.29 is 0 Å². The van der Waals surface area contributed by atoms with Crippen molar-refractivity contribution in [3.8, 4) is 0 Å². The molecule has 0 aliphatic heterocycles. The Morgan fingerprint density at radius 1 is 1.31 bits per heavy atom. The normalized spacial score (nSPS) is 12.6. The van der Waals surface area contributed by atoms with Gasteiger partial charge in [-0.3, -0.25) is 0 Å². The first-order chi connectivity index (χ1) is 7.79. The second-order valence-corrected chi connectivity index (χ2v) is 4.87. The third kappa shape index (κ3) is 2.68. The largest absolute Gasteiger partial charge is 0.330 e. The molecule has 0 radical (unpaired) electrons. The number of hydrogen-bond donors (Lipinski definition) is 1. The first kappa shape index (κ1) is 11.3. The van der Waals surface area contributed by atoms with Crippen LogP contribution in [-0.2, 0) is 6.42 Å². The van der Waals surface area contributed by atoms with Crippen LogP contribution >= 0.6 is 11.3 Å². The van der Waals surface area contributed by atoms with E-state index < -0.39 is 0 Å². The van der Waals surface area contributed by atoms with Crippen LogP contribution in [0.3, 0.4) is 0 Å². The molecule has 1 aromatic heterocycles. The number of nitrogens with two attached hydrogens (primary N) is 1. The van der Waals surface area contributed by atoms with E-state index in [0.717, 1.165) is 12.1 Å². The third-order valence-corrected chi connectivity index (χ3v) is 3.63. The summed E-state index contributed by atoms with van der Waals surface area (Å²) in [6, 6.07) is 10.4. The molecule has 0 aliphatic rings. The standard InChI is InChI=1S/C13H16N2S/c1-10-9-16-13(15-10)7-12(8-14)11-5-3-2-4-6-11/h2-6,9,12H,7-8,14H2,1H3. The monoisotopic (exact) mass is 232 g/mol. The number of thiazole rings is 1. The molecule has 3 heteroatoms. The number of hydrogen-bond acceptors (Lipinski definition) is 3. The van der Waals surface area contributed by atoms with Gasteiger partial charge in [-0.05, 0) is 19.0 Å². The van der Waals surface area contributed by atoms with E-state index in [1.807, 2.05) is 13.0 Å². The van der Waals surface area contributed by atoms with Crippen LogP contribution in [0.15, 0.2) is 35.7 Å². The van der Waals surface area contributed by atoms with Gasteiger partial charge < -0.3 is 5.73 Å². The minimum absolute atomic E-state index is 0.381. The van der Waals surface area contributed by atoms with Crippen molar-refractivity contribution in [1.82, 2.24) is 4.98 Å². The minimum atomic E-state index is 0.381. The van der Waals surface area contributed by atoms with E-state index >= 15 is 0 Å². The molecule has 0 saturated heterocycles. The summed E-state index contributed by atoms with van der Waals surface area (Å²) in [5.74, 6) is 0.381. The van der Waals surface area contributed by atoms with E-state index in [0.29, 0.717) is 12.5 Å². The van der Waals surface area contributed by atoms with Crippen molar-refractivity contribution in [2.45, 2.75) is 19.3 Å². The molecule has 0 saturated carbocycles. The fourth-order valence-corrected chi connectivity index (χ4v) is 2.62. The van der Waals surface area contributed by atoms with Gasteiger partial charge in [0.05, 0.1) is 5.01 Å². The first-order valence-corrected chi connectivity index (χ1v) is 6.33. The Labute approximate surface area is 100 Å². The smallest absolute Gasteiger partial charge is 0.0934 e. The number of aryl methyl sites for hydroxylation is 1. The highest BCUT2D eigenvalue weighted by Crippen LogP contribution is 2.21.